The highest BCUT2D eigenvalue weighted by Gasteiger charge is 2.09. The first-order chi connectivity index (χ1) is 9.13. The molecule has 0 fully saturated rings. The fourth-order valence-electron chi connectivity index (χ4n) is 1.97. The first-order valence-electron chi connectivity index (χ1n) is 6.11. The number of rotatable bonds is 4. The van der Waals surface area contributed by atoms with Gasteiger partial charge in [-0.2, -0.15) is 0 Å². The number of methoxy groups -OCH3 is 1. The molecule has 0 N–H and O–H groups in total. The SMILES string of the molecule is COc1ccccc1N(C)c1ccc(C(C)=O)cc1. The van der Waals surface area contributed by atoms with Gasteiger partial charge in [0.1, 0.15) is 5.75 Å². The first-order valence-corrected chi connectivity index (χ1v) is 6.11. The Balaban J connectivity index is 2.33. The van der Waals surface area contributed by atoms with Gasteiger partial charge in [-0.15, -0.1) is 0 Å². The highest BCUT2D eigenvalue weighted by molar-refractivity contribution is 5.94. The normalized spacial score (nSPS) is 10.1. The first kappa shape index (κ1) is 13.1. The molecule has 0 heterocycles. The van der Waals surface area contributed by atoms with Crippen LogP contribution in [0.5, 0.6) is 5.75 Å². The number of hydrogen-bond acceptors (Lipinski definition) is 3. The molecule has 2 rings (SSSR count). The number of anilines is 2. The number of benzene rings is 2. The van der Waals surface area contributed by atoms with E-state index in [1.165, 1.54) is 0 Å². The van der Waals surface area contributed by atoms with Gasteiger partial charge in [-0.25, -0.2) is 0 Å². The van der Waals surface area contributed by atoms with Crippen molar-refractivity contribution in [2.75, 3.05) is 19.1 Å². The van der Waals surface area contributed by atoms with E-state index in [9.17, 15) is 4.79 Å². The summed E-state index contributed by atoms with van der Waals surface area (Å²) < 4.78 is 5.35. The van der Waals surface area contributed by atoms with Crippen molar-refractivity contribution in [3.05, 3.63) is 54.1 Å². The monoisotopic (exact) mass is 255 g/mol. The molecular weight excluding hydrogens is 238 g/mol. The minimum atomic E-state index is 0.0755. The second kappa shape index (κ2) is 5.57. The summed E-state index contributed by atoms with van der Waals surface area (Å²) in [4.78, 5) is 13.3. The molecule has 3 heteroatoms. The van der Waals surface area contributed by atoms with E-state index >= 15 is 0 Å². The number of ether oxygens (including phenoxy) is 1. The van der Waals surface area contributed by atoms with Gasteiger partial charge < -0.3 is 9.64 Å². The molecule has 0 aliphatic carbocycles. The van der Waals surface area contributed by atoms with Gasteiger partial charge in [-0.3, -0.25) is 4.79 Å². The highest BCUT2D eigenvalue weighted by atomic mass is 16.5. The molecule has 0 radical (unpaired) electrons. The van der Waals surface area contributed by atoms with Gasteiger partial charge in [0, 0.05) is 18.3 Å². The van der Waals surface area contributed by atoms with Crippen LogP contribution < -0.4 is 9.64 Å². The van der Waals surface area contributed by atoms with Crippen LogP contribution in [0.15, 0.2) is 48.5 Å². The van der Waals surface area contributed by atoms with Crippen molar-refractivity contribution in [1.29, 1.82) is 0 Å². The molecular formula is C16H17NO2. The van der Waals surface area contributed by atoms with E-state index in [1.54, 1.807) is 14.0 Å². The van der Waals surface area contributed by atoms with E-state index in [1.807, 2.05) is 60.5 Å². The van der Waals surface area contributed by atoms with Crippen LogP contribution in [0.1, 0.15) is 17.3 Å². The molecule has 0 saturated carbocycles. The van der Waals surface area contributed by atoms with E-state index < -0.39 is 0 Å². The number of nitrogens with zero attached hydrogens (tertiary/aromatic N) is 1. The Morgan fingerprint density at radius 1 is 1.05 bits per heavy atom. The highest BCUT2D eigenvalue weighted by Crippen LogP contribution is 2.32. The van der Waals surface area contributed by atoms with Gasteiger partial charge >= 0.3 is 0 Å². The Bertz CT molecular complexity index is 576. The zero-order valence-corrected chi connectivity index (χ0v) is 11.4. The summed E-state index contributed by atoms with van der Waals surface area (Å²) in [6, 6.07) is 15.4. The van der Waals surface area contributed by atoms with Crippen LogP contribution >= 0.6 is 0 Å². The van der Waals surface area contributed by atoms with Crippen molar-refractivity contribution >= 4 is 17.2 Å². The van der Waals surface area contributed by atoms with E-state index in [0.717, 1.165) is 22.7 Å². The number of carbonyl (C=O) groups is 1. The van der Waals surface area contributed by atoms with Crippen LogP contribution in [0.2, 0.25) is 0 Å². The lowest BCUT2D eigenvalue weighted by molar-refractivity contribution is 0.101. The van der Waals surface area contributed by atoms with E-state index in [0.29, 0.717) is 0 Å². The Hall–Kier alpha value is -2.29. The minimum absolute atomic E-state index is 0.0755. The average molecular weight is 255 g/mol. The van der Waals surface area contributed by atoms with Crippen molar-refractivity contribution in [3.63, 3.8) is 0 Å². The molecule has 0 aromatic heterocycles. The number of Topliss-reactive ketones (excluding diaryl/α,β-unsaturated/α-hetero) is 1. The van der Waals surface area contributed by atoms with Crippen LogP contribution in [-0.4, -0.2) is 19.9 Å². The third-order valence-electron chi connectivity index (χ3n) is 3.11. The quantitative estimate of drug-likeness (QED) is 0.781. The molecule has 98 valence electrons. The van der Waals surface area contributed by atoms with Gasteiger partial charge in [0.2, 0.25) is 0 Å². The number of hydrogen-bond donors (Lipinski definition) is 0. The summed E-state index contributed by atoms with van der Waals surface area (Å²) in [7, 11) is 3.63. The molecule has 0 aliphatic heterocycles. The third-order valence-corrected chi connectivity index (χ3v) is 3.11. The van der Waals surface area contributed by atoms with Gasteiger partial charge in [-0.05, 0) is 43.3 Å². The van der Waals surface area contributed by atoms with Gasteiger partial charge in [0.25, 0.3) is 0 Å². The van der Waals surface area contributed by atoms with Crippen LogP contribution in [0.3, 0.4) is 0 Å². The molecule has 0 saturated heterocycles. The molecule has 0 atom stereocenters. The molecule has 3 nitrogen and oxygen atoms in total. The molecule has 19 heavy (non-hydrogen) atoms. The summed E-state index contributed by atoms with van der Waals surface area (Å²) in [5.74, 6) is 0.895. The van der Waals surface area contributed by atoms with Gasteiger partial charge in [0.05, 0.1) is 12.8 Å². The van der Waals surface area contributed by atoms with E-state index in [2.05, 4.69) is 0 Å². The molecule has 0 unspecified atom stereocenters. The third kappa shape index (κ3) is 2.76. The number of para-hydroxylation sites is 2. The predicted molar refractivity (Wildman–Crippen MR) is 77.5 cm³/mol. The number of ketones is 1. The average Bonchev–Trinajstić information content (AvgIpc) is 2.46. The fraction of sp³-hybridized carbons (Fsp3) is 0.188. The summed E-state index contributed by atoms with van der Waals surface area (Å²) in [5.41, 5.74) is 2.72. The Morgan fingerprint density at radius 3 is 2.26 bits per heavy atom. The lowest BCUT2D eigenvalue weighted by Crippen LogP contribution is -2.10. The van der Waals surface area contributed by atoms with Crippen molar-refractivity contribution in [2.24, 2.45) is 0 Å². The van der Waals surface area contributed by atoms with Gasteiger partial charge in [0.15, 0.2) is 5.78 Å². The molecule has 0 aliphatic rings. The van der Waals surface area contributed by atoms with Crippen LogP contribution in [0.25, 0.3) is 0 Å². The topological polar surface area (TPSA) is 29.5 Å². The second-order valence-electron chi connectivity index (χ2n) is 4.33. The van der Waals surface area contributed by atoms with E-state index in [4.69, 9.17) is 4.74 Å². The van der Waals surface area contributed by atoms with Crippen molar-refractivity contribution in [3.8, 4) is 5.75 Å². The summed E-state index contributed by atoms with van der Waals surface area (Å²) in [6.45, 7) is 1.57. The predicted octanol–water partition coefficient (Wildman–Crippen LogP) is 3.67. The maximum atomic E-state index is 11.3. The Morgan fingerprint density at radius 2 is 1.68 bits per heavy atom. The number of carbonyl (C=O) groups excluding carboxylic acids is 1. The lowest BCUT2D eigenvalue weighted by atomic mass is 10.1. The van der Waals surface area contributed by atoms with Crippen molar-refractivity contribution < 1.29 is 9.53 Å². The van der Waals surface area contributed by atoms with Crippen molar-refractivity contribution in [1.82, 2.24) is 0 Å². The summed E-state index contributed by atoms with van der Waals surface area (Å²) >= 11 is 0. The fourth-order valence-corrected chi connectivity index (χ4v) is 1.97. The van der Waals surface area contributed by atoms with E-state index in [-0.39, 0.29) is 5.78 Å². The molecule has 2 aromatic rings. The maximum absolute atomic E-state index is 11.3. The maximum Gasteiger partial charge on any atom is 0.159 e. The molecule has 0 bridgehead atoms. The zero-order valence-electron chi connectivity index (χ0n) is 11.4. The Kier molecular flexibility index (Phi) is 3.85. The molecule has 2 aromatic carbocycles. The van der Waals surface area contributed by atoms with Crippen LogP contribution in [-0.2, 0) is 0 Å². The summed E-state index contributed by atoms with van der Waals surface area (Å²) in [5, 5.41) is 0. The van der Waals surface area contributed by atoms with Crippen molar-refractivity contribution in [2.45, 2.75) is 6.92 Å². The summed E-state index contributed by atoms with van der Waals surface area (Å²) in [6.07, 6.45) is 0. The zero-order chi connectivity index (χ0) is 13.8. The minimum Gasteiger partial charge on any atom is -0.495 e. The Labute approximate surface area is 113 Å². The second-order valence-corrected chi connectivity index (χ2v) is 4.33. The standard InChI is InChI=1S/C16H17NO2/c1-12(18)13-8-10-14(11-9-13)17(2)15-6-4-5-7-16(15)19-3/h4-11H,1-3H3. The smallest absolute Gasteiger partial charge is 0.159 e. The largest absolute Gasteiger partial charge is 0.495 e. The van der Waals surface area contributed by atoms with Crippen LogP contribution in [0, 0.1) is 0 Å². The lowest BCUT2D eigenvalue weighted by Gasteiger charge is -2.21. The van der Waals surface area contributed by atoms with Gasteiger partial charge in [-0.1, -0.05) is 12.1 Å². The molecule has 0 amide bonds. The van der Waals surface area contributed by atoms with Crippen LogP contribution in [0.4, 0.5) is 11.4 Å². The molecule has 0 spiro atoms.